The summed E-state index contributed by atoms with van der Waals surface area (Å²) in [4.78, 5) is 15.0. The van der Waals surface area contributed by atoms with Gasteiger partial charge in [0.05, 0.1) is 6.04 Å². The van der Waals surface area contributed by atoms with Gasteiger partial charge in [-0.25, -0.2) is 0 Å². The molecule has 2 aromatic carbocycles. The Morgan fingerprint density at radius 2 is 1.70 bits per heavy atom. The number of fused-ring (bicyclic) bond motifs is 1. The molecule has 0 saturated heterocycles. The number of rotatable bonds is 4. The van der Waals surface area contributed by atoms with Crippen LogP contribution < -0.4 is 0 Å². The minimum absolute atomic E-state index is 0.151. The fraction of sp³-hybridized carbons (Fsp3) is 0.286. The predicted octanol–water partition coefficient (Wildman–Crippen LogP) is 4.38. The van der Waals surface area contributed by atoms with E-state index in [-0.39, 0.29) is 11.9 Å². The number of carbonyl (C=O) groups is 1. The van der Waals surface area contributed by atoms with Gasteiger partial charge in [0, 0.05) is 12.1 Å². The Morgan fingerprint density at radius 1 is 0.957 bits per heavy atom. The van der Waals surface area contributed by atoms with Gasteiger partial charge in [-0.05, 0) is 48.4 Å². The fourth-order valence-electron chi connectivity index (χ4n) is 3.58. The number of hydrogen-bond acceptors (Lipinski definition) is 1. The average Bonchev–Trinajstić information content (AvgIpc) is 3.34. The molecule has 4 rings (SSSR count). The maximum absolute atomic E-state index is 12.8. The first-order valence-corrected chi connectivity index (χ1v) is 8.46. The molecular weight excluding hydrogens is 282 g/mol. The number of benzene rings is 2. The summed E-state index contributed by atoms with van der Waals surface area (Å²) < 4.78 is 0. The number of aryl methyl sites for hydroxylation is 1. The van der Waals surface area contributed by atoms with Crippen molar-refractivity contribution in [2.75, 3.05) is 0 Å². The molecule has 0 spiro atoms. The van der Waals surface area contributed by atoms with Crippen molar-refractivity contribution in [2.24, 2.45) is 0 Å². The molecule has 1 atom stereocenters. The second kappa shape index (κ2) is 6.04. The lowest BCUT2D eigenvalue weighted by molar-refractivity contribution is -0.129. The fourth-order valence-corrected chi connectivity index (χ4v) is 3.58. The summed E-state index contributed by atoms with van der Waals surface area (Å²) in [6.45, 7) is 0. The van der Waals surface area contributed by atoms with E-state index in [0.717, 1.165) is 31.2 Å². The minimum Gasteiger partial charge on any atom is -0.329 e. The lowest BCUT2D eigenvalue weighted by Crippen LogP contribution is -2.34. The van der Waals surface area contributed by atoms with Gasteiger partial charge in [-0.1, -0.05) is 54.6 Å². The largest absolute Gasteiger partial charge is 0.329 e. The van der Waals surface area contributed by atoms with Gasteiger partial charge in [0.25, 0.3) is 0 Å². The molecule has 0 aliphatic heterocycles. The van der Waals surface area contributed by atoms with Gasteiger partial charge in [-0.2, -0.15) is 0 Å². The summed E-state index contributed by atoms with van der Waals surface area (Å²) in [6.07, 6.45) is 8.10. The van der Waals surface area contributed by atoms with Gasteiger partial charge in [0.2, 0.25) is 5.91 Å². The molecule has 2 aliphatic carbocycles. The summed E-state index contributed by atoms with van der Waals surface area (Å²) in [5.74, 6) is 0.151. The lowest BCUT2D eigenvalue weighted by atomic mass is 10.1. The highest BCUT2D eigenvalue weighted by Gasteiger charge is 2.39. The van der Waals surface area contributed by atoms with Crippen molar-refractivity contribution in [3.63, 3.8) is 0 Å². The maximum atomic E-state index is 12.8. The third-order valence-corrected chi connectivity index (χ3v) is 4.85. The summed E-state index contributed by atoms with van der Waals surface area (Å²) >= 11 is 0. The summed E-state index contributed by atoms with van der Waals surface area (Å²) in [5.41, 5.74) is 3.83. The maximum Gasteiger partial charge on any atom is 0.247 e. The zero-order chi connectivity index (χ0) is 15.6. The Hall–Kier alpha value is -2.35. The van der Waals surface area contributed by atoms with Crippen LogP contribution in [0.4, 0.5) is 0 Å². The summed E-state index contributed by atoms with van der Waals surface area (Å²) in [5, 5.41) is 0. The molecule has 2 heteroatoms. The van der Waals surface area contributed by atoms with Gasteiger partial charge in [-0.3, -0.25) is 4.79 Å². The first-order valence-electron chi connectivity index (χ1n) is 8.46. The monoisotopic (exact) mass is 303 g/mol. The van der Waals surface area contributed by atoms with E-state index in [1.54, 1.807) is 6.08 Å². The van der Waals surface area contributed by atoms with Crippen LogP contribution in [0.3, 0.4) is 0 Å². The van der Waals surface area contributed by atoms with Crippen LogP contribution in [0.5, 0.6) is 0 Å². The Balaban J connectivity index is 1.57. The van der Waals surface area contributed by atoms with Crippen LogP contribution in [-0.4, -0.2) is 16.8 Å². The van der Waals surface area contributed by atoms with Crippen molar-refractivity contribution < 1.29 is 4.79 Å². The molecule has 116 valence electrons. The van der Waals surface area contributed by atoms with Crippen LogP contribution in [0.1, 0.15) is 42.0 Å². The number of amides is 1. The molecule has 2 aliphatic rings. The van der Waals surface area contributed by atoms with Crippen LogP contribution in [0, 0.1) is 0 Å². The molecular formula is C21H21NO. The molecule has 0 N–H and O–H groups in total. The van der Waals surface area contributed by atoms with Crippen molar-refractivity contribution in [2.45, 2.75) is 37.8 Å². The van der Waals surface area contributed by atoms with Crippen LogP contribution >= 0.6 is 0 Å². The van der Waals surface area contributed by atoms with E-state index >= 15 is 0 Å². The molecule has 1 amide bonds. The summed E-state index contributed by atoms with van der Waals surface area (Å²) in [7, 11) is 0. The average molecular weight is 303 g/mol. The quantitative estimate of drug-likeness (QED) is 0.768. The topological polar surface area (TPSA) is 20.3 Å². The van der Waals surface area contributed by atoms with Crippen molar-refractivity contribution in [1.29, 1.82) is 0 Å². The summed E-state index contributed by atoms with van der Waals surface area (Å²) in [6, 6.07) is 19.3. The van der Waals surface area contributed by atoms with Crippen LogP contribution in [-0.2, 0) is 11.2 Å². The Labute approximate surface area is 137 Å². The van der Waals surface area contributed by atoms with E-state index in [0.29, 0.717) is 6.04 Å². The molecule has 0 radical (unpaired) electrons. The van der Waals surface area contributed by atoms with Gasteiger partial charge in [-0.15, -0.1) is 0 Å². The predicted molar refractivity (Wildman–Crippen MR) is 92.8 cm³/mol. The third-order valence-electron chi connectivity index (χ3n) is 4.85. The molecule has 0 aromatic heterocycles. The van der Waals surface area contributed by atoms with Crippen molar-refractivity contribution in [3.8, 4) is 0 Å². The Bertz CT molecular complexity index is 731. The van der Waals surface area contributed by atoms with Crippen molar-refractivity contribution in [1.82, 2.24) is 4.90 Å². The number of nitrogens with zero attached hydrogens (tertiary/aromatic N) is 1. The lowest BCUT2D eigenvalue weighted by Gasteiger charge is -2.29. The van der Waals surface area contributed by atoms with Gasteiger partial charge < -0.3 is 4.90 Å². The van der Waals surface area contributed by atoms with Gasteiger partial charge in [0.1, 0.15) is 0 Å². The van der Waals surface area contributed by atoms with Gasteiger partial charge >= 0.3 is 0 Å². The number of hydrogen-bond donors (Lipinski definition) is 0. The highest BCUT2D eigenvalue weighted by Crippen LogP contribution is 2.41. The first kappa shape index (κ1) is 14.3. The zero-order valence-corrected chi connectivity index (χ0v) is 13.2. The van der Waals surface area contributed by atoms with Crippen molar-refractivity contribution >= 4 is 12.0 Å². The second-order valence-corrected chi connectivity index (χ2v) is 6.47. The van der Waals surface area contributed by atoms with E-state index in [4.69, 9.17) is 0 Å². The van der Waals surface area contributed by atoms with Crippen LogP contribution in [0.2, 0.25) is 0 Å². The van der Waals surface area contributed by atoms with E-state index in [1.165, 1.54) is 11.1 Å². The normalized spacial score (nSPS) is 19.7. The molecule has 0 bridgehead atoms. The third kappa shape index (κ3) is 2.94. The van der Waals surface area contributed by atoms with Crippen LogP contribution in [0.15, 0.2) is 60.7 Å². The Morgan fingerprint density at radius 3 is 2.48 bits per heavy atom. The van der Waals surface area contributed by atoms with Crippen molar-refractivity contribution in [3.05, 3.63) is 77.4 Å². The molecule has 1 unspecified atom stereocenters. The smallest absolute Gasteiger partial charge is 0.247 e. The SMILES string of the molecule is O=C(C=Cc1ccccc1)N(C1CC1)C1CCc2ccccc21. The Kier molecular flexibility index (Phi) is 3.74. The molecule has 0 heterocycles. The van der Waals surface area contributed by atoms with Gasteiger partial charge in [0.15, 0.2) is 0 Å². The highest BCUT2D eigenvalue weighted by atomic mass is 16.2. The first-order chi connectivity index (χ1) is 11.3. The van der Waals surface area contributed by atoms with E-state index < -0.39 is 0 Å². The van der Waals surface area contributed by atoms with Crippen LogP contribution in [0.25, 0.3) is 6.08 Å². The molecule has 1 saturated carbocycles. The molecule has 2 nitrogen and oxygen atoms in total. The zero-order valence-electron chi connectivity index (χ0n) is 13.2. The van der Waals surface area contributed by atoms with E-state index in [9.17, 15) is 4.79 Å². The molecule has 2 aromatic rings. The second-order valence-electron chi connectivity index (χ2n) is 6.47. The van der Waals surface area contributed by atoms with E-state index in [2.05, 4.69) is 29.2 Å². The molecule has 23 heavy (non-hydrogen) atoms. The number of carbonyl (C=O) groups excluding carboxylic acids is 1. The molecule has 1 fully saturated rings. The standard InChI is InChI=1S/C21H21NO/c23-21(15-10-16-6-2-1-3-7-16)22(18-12-13-18)20-14-11-17-8-4-5-9-19(17)20/h1-10,15,18,20H,11-14H2. The highest BCUT2D eigenvalue weighted by molar-refractivity contribution is 5.92. The minimum atomic E-state index is 0.151. The van der Waals surface area contributed by atoms with E-state index in [1.807, 2.05) is 36.4 Å².